The highest BCUT2D eigenvalue weighted by atomic mass is 16.6. The first-order valence-electron chi connectivity index (χ1n) is 7.96. The molecule has 1 aliphatic rings. The van der Waals surface area contributed by atoms with E-state index in [1.807, 2.05) is 0 Å². The Balaban J connectivity index is 3.22. The van der Waals surface area contributed by atoms with Gasteiger partial charge in [0.05, 0.1) is 7.95 Å². The van der Waals surface area contributed by atoms with Gasteiger partial charge < -0.3 is 28.8 Å². The van der Waals surface area contributed by atoms with Crippen LogP contribution in [0.1, 0.15) is 29.1 Å². The smallest absolute Gasteiger partial charge is 0.303 e. The Morgan fingerprint density at radius 1 is 1.04 bits per heavy atom. The van der Waals surface area contributed by atoms with Crippen LogP contribution in [0.3, 0.4) is 0 Å². The van der Waals surface area contributed by atoms with E-state index < -0.39 is 67.6 Å². The van der Waals surface area contributed by atoms with Gasteiger partial charge in [-0.1, -0.05) is 0 Å². The highest BCUT2D eigenvalue weighted by Gasteiger charge is 2.54. The summed E-state index contributed by atoms with van der Waals surface area (Å²) in [5.41, 5.74) is -2.32. The van der Waals surface area contributed by atoms with Crippen molar-refractivity contribution in [2.75, 3.05) is 19.8 Å². The van der Waals surface area contributed by atoms with Gasteiger partial charge in [-0.2, -0.15) is 0 Å². The van der Waals surface area contributed by atoms with E-state index in [0.717, 1.165) is 27.7 Å². The molecule has 1 aliphatic heterocycles. The normalized spacial score (nSPS) is 32.1. The molecule has 142 valence electrons. The molecule has 10 nitrogen and oxygen atoms in total. The Morgan fingerprint density at radius 3 is 2.08 bits per heavy atom. The number of hydrogen-bond acceptors (Lipinski definition) is 10. The second-order valence-corrected chi connectivity index (χ2v) is 5.47. The number of esters is 4. The molecule has 0 aromatic rings. The van der Waals surface area contributed by atoms with Gasteiger partial charge in [0.25, 0.3) is 0 Å². The quantitative estimate of drug-likeness (QED) is 0.467. The van der Waals surface area contributed by atoms with Crippen LogP contribution in [-0.2, 0) is 42.9 Å². The molecule has 1 unspecified atom stereocenters. The van der Waals surface area contributed by atoms with Crippen molar-refractivity contribution in [2.24, 2.45) is 0 Å². The minimum absolute atomic E-state index is 0.413. The number of rotatable bonds is 6. The number of hydrogen-bond donors (Lipinski definition) is 1. The lowest BCUT2D eigenvalue weighted by Crippen LogP contribution is -2.66. The second-order valence-electron chi connectivity index (χ2n) is 5.47. The molecule has 1 N–H and O–H groups in total. The Morgan fingerprint density at radius 2 is 1.60 bits per heavy atom. The molecule has 0 radical (unpaired) electrons. The van der Waals surface area contributed by atoms with Crippen LogP contribution in [0.2, 0.25) is 0 Å². The van der Waals surface area contributed by atoms with Crippen molar-refractivity contribution in [1.29, 1.82) is 0 Å². The monoisotopic (exact) mass is 363 g/mol. The van der Waals surface area contributed by atoms with Crippen LogP contribution in [0, 0.1) is 0 Å². The van der Waals surface area contributed by atoms with Crippen LogP contribution in [0.4, 0.5) is 0 Å². The Bertz CT molecular complexity index is 565. The number of carbonyl (C=O) groups is 4. The molecule has 1 saturated heterocycles. The summed E-state index contributed by atoms with van der Waals surface area (Å²) in [4.78, 5) is 45.0. The SMILES string of the molecule is [2H]C1O[C@H](COC(C)=O)[C@@H](OC(C)=O)[C@H](OC(C)=O)[C@]1(O)COC(C)=O. The maximum absolute atomic E-state index is 11.5. The number of aliphatic hydroxyl groups is 1. The molecule has 25 heavy (non-hydrogen) atoms. The van der Waals surface area contributed by atoms with Crippen molar-refractivity contribution in [3.63, 3.8) is 0 Å². The van der Waals surface area contributed by atoms with E-state index in [0.29, 0.717) is 0 Å². The van der Waals surface area contributed by atoms with Crippen LogP contribution in [-0.4, -0.2) is 72.7 Å². The molecule has 0 aromatic carbocycles. The van der Waals surface area contributed by atoms with Crippen molar-refractivity contribution in [1.82, 2.24) is 0 Å². The van der Waals surface area contributed by atoms with Gasteiger partial charge in [0.15, 0.2) is 17.8 Å². The topological polar surface area (TPSA) is 135 Å². The van der Waals surface area contributed by atoms with Crippen molar-refractivity contribution < 1.29 is 49.3 Å². The van der Waals surface area contributed by atoms with Crippen LogP contribution in [0.5, 0.6) is 0 Å². The number of carbonyl (C=O) groups excluding carboxylic acids is 4. The van der Waals surface area contributed by atoms with Crippen molar-refractivity contribution >= 4 is 23.9 Å². The Hall–Kier alpha value is -2.20. The van der Waals surface area contributed by atoms with E-state index in [4.69, 9.17) is 25.1 Å². The van der Waals surface area contributed by atoms with E-state index in [1.165, 1.54) is 0 Å². The second kappa shape index (κ2) is 8.77. The standard InChI is InChI=1S/C15H22O10/c1-8(16)21-5-12-13(24-10(3)18)14(25-11(4)19)15(20,7-23-12)6-22-9(2)17/h12-14,20H,5-7H2,1-4H3/t12-,13-,14+,15+/m1/s1/i7D/t7?,12-,13-,14+,15+. The van der Waals surface area contributed by atoms with Crippen LogP contribution >= 0.6 is 0 Å². The maximum atomic E-state index is 11.5. The Labute approximate surface area is 145 Å². The minimum Gasteiger partial charge on any atom is -0.463 e. The fourth-order valence-electron chi connectivity index (χ4n) is 2.17. The predicted molar refractivity (Wildman–Crippen MR) is 79.1 cm³/mol. The highest BCUT2D eigenvalue weighted by molar-refractivity contribution is 5.68. The molecule has 0 spiro atoms. The van der Waals surface area contributed by atoms with Crippen molar-refractivity contribution in [2.45, 2.75) is 51.6 Å². The molecule has 1 rings (SSSR count). The van der Waals surface area contributed by atoms with Gasteiger partial charge >= 0.3 is 23.9 Å². The lowest BCUT2D eigenvalue weighted by atomic mass is 9.88. The van der Waals surface area contributed by atoms with Gasteiger partial charge in [0, 0.05) is 27.7 Å². The summed E-state index contributed by atoms with van der Waals surface area (Å²) in [6.07, 6.45) is -4.19. The Kier molecular flexibility index (Phi) is 6.71. The lowest BCUT2D eigenvalue weighted by Gasteiger charge is -2.45. The first-order chi connectivity index (χ1) is 12.0. The van der Waals surface area contributed by atoms with E-state index in [1.54, 1.807) is 0 Å². The molecule has 0 bridgehead atoms. The molecular weight excluding hydrogens is 340 g/mol. The largest absolute Gasteiger partial charge is 0.463 e. The fourth-order valence-corrected chi connectivity index (χ4v) is 2.17. The molecule has 0 aromatic heterocycles. The molecule has 1 heterocycles. The molecule has 10 heteroatoms. The molecular formula is C15H22O10. The van der Waals surface area contributed by atoms with Gasteiger partial charge in [-0.05, 0) is 0 Å². The van der Waals surface area contributed by atoms with Gasteiger partial charge in [0.2, 0.25) is 0 Å². The molecule has 0 amide bonds. The van der Waals surface area contributed by atoms with Crippen molar-refractivity contribution in [3.8, 4) is 0 Å². The summed E-state index contributed by atoms with van der Waals surface area (Å²) in [7, 11) is 0. The van der Waals surface area contributed by atoms with E-state index >= 15 is 0 Å². The van der Waals surface area contributed by atoms with Gasteiger partial charge in [0.1, 0.15) is 19.3 Å². The lowest BCUT2D eigenvalue weighted by molar-refractivity contribution is -0.264. The summed E-state index contributed by atoms with van der Waals surface area (Å²) in [5, 5.41) is 10.8. The summed E-state index contributed by atoms with van der Waals surface area (Å²) in [5.74, 6) is -3.03. The average molecular weight is 363 g/mol. The third-order valence-electron chi connectivity index (χ3n) is 3.16. The zero-order valence-corrected chi connectivity index (χ0v) is 14.3. The van der Waals surface area contributed by atoms with Gasteiger partial charge in [-0.3, -0.25) is 19.2 Å². The zero-order chi connectivity index (χ0) is 20.1. The molecule has 1 fully saturated rings. The summed E-state index contributed by atoms with van der Waals surface area (Å²) in [6, 6.07) is 0. The van der Waals surface area contributed by atoms with E-state index in [2.05, 4.69) is 0 Å². The first-order valence-corrected chi connectivity index (χ1v) is 7.38. The maximum Gasteiger partial charge on any atom is 0.303 e. The number of ether oxygens (including phenoxy) is 5. The summed E-state index contributed by atoms with van der Waals surface area (Å²) < 4.78 is 33.0. The summed E-state index contributed by atoms with van der Waals surface area (Å²) >= 11 is 0. The van der Waals surface area contributed by atoms with Crippen LogP contribution in [0.25, 0.3) is 0 Å². The molecule has 5 atom stereocenters. The predicted octanol–water partition coefficient (Wildman–Crippen LogP) is -0.894. The average Bonchev–Trinajstić information content (AvgIpc) is 2.50. The summed E-state index contributed by atoms with van der Waals surface area (Å²) in [6.45, 7) is 1.44. The van der Waals surface area contributed by atoms with Gasteiger partial charge in [-0.15, -0.1) is 0 Å². The zero-order valence-electron chi connectivity index (χ0n) is 15.3. The first kappa shape index (κ1) is 19.1. The van der Waals surface area contributed by atoms with Gasteiger partial charge in [-0.25, -0.2) is 0 Å². The molecule has 0 aliphatic carbocycles. The van der Waals surface area contributed by atoms with E-state index in [9.17, 15) is 24.3 Å². The highest BCUT2D eigenvalue weighted by Crippen LogP contribution is 2.30. The molecule has 0 saturated carbocycles. The van der Waals surface area contributed by atoms with Crippen LogP contribution < -0.4 is 0 Å². The minimum atomic E-state index is -2.32. The third-order valence-corrected chi connectivity index (χ3v) is 3.16. The van der Waals surface area contributed by atoms with Crippen molar-refractivity contribution in [3.05, 3.63) is 0 Å². The third kappa shape index (κ3) is 6.31. The van der Waals surface area contributed by atoms with E-state index in [-0.39, 0.29) is 0 Å². The fraction of sp³-hybridized carbons (Fsp3) is 0.733. The van der Waals surface area contributed by atoms with Crippen LogP contribution in [0.15, 0.2) is 0 Å².